The maximum absolute atomic E-state index is 9.06. The molecule has 0 saturated carbocycles. The zero-order chi connectivity index (χ0) is 12.2. The van der Waals surface area contributed by atoms with Gasteiger partial charge in [-0.2, -0.15) is 5.26 Å². The molecule has 1 heterocycles. The van der Waals surface area contributed by atoms with E-state index in [1.807, 2.05) is 19.6 Å². The Labute approximate surface area is 97.0 Å². The van der Waals surface area contributed by atoms with Crippen molar-refractivity contribution in [3.8, 4) is 11.9 Å². The molecule has 1 rings (SSSR count). The van der Waals surface area contributed by atoms with Gasteiger partial charge in [-0.1, -0.05) is 0 Å². The molecule has 0 spiro atoms. The molecule has 0 aromatic carbocycles. The molecule has 1 unspecified atom stereocenters. The van der Waals surface area contributed by atoms with Crippen LogP contribution in [0.5, 0.6) is 5.88 Å². The van der Waals surface area contributed by atoms with Gasteiger partial charge in [0.1, 0.15) is 0 Å². The van der Waals surface area contributed by atoms with Crippen LogP contribution in [0, 0.1) is 11.3 Å². The van der Waals surface area contributed by atoms with Crippen LogP contribution in [0.4, 0.5) is 0 Å². The number of nitriles is 1. The molecular formula is C11H16N2O2Si. The van der Waals surface area contributed by atoms with Crippen LogP contribution in [-0.4, -0.2) is 20.4 Å². The summed E-state index contributed by atoms with van der Waals surface area (Å²) in [6, 6.07) is 5.68. The minimum absolute atomic E-state index is 0.536. The first-order valence-corrected chi connectivity index (χ1v) is 8.44. The molecule has 0 saturated heterocycles. The normalized spacial score (nSPS) is 12.9. The van der Waals surface area contributed by atoms with E-state index < -0.39 is 14.4 Å². The Morgan fingerprint density at radius 1 is 1.38 bits per heavy atom. The summed E-state index contributed by atoms with van der Waals surface area (Å²) in [4.78, 5) is 4.06. The zero-order valence-corrected chi connectivity index (χ0v) is 11.0. The van der Waals surface area contributed by atoms with Gasteiger partial charge in [-0.25, -0.2) is 4.98 Å². The minimum atomic E-state index is -1.73. The van der Waals surface area contributed by atoms with Crippen LogP contribution < -0.4 is 4.74 Å². The number of methoxy groups -OCH3 is 1. The molecule has 0 aliphatic heterocycles. The number of rotatable bonds is 4. The van der Waals surface area contributed by atoms with E-state index in [1.54, 1.807) is 25.4 Å². The topological polar surface area (TPSA) is 55.1 Å². The smallest absolute Gasteiger partial charge is 0.212 e. The summed E-state index contributed by atoms with van der Waals surface area (Å²) in [5.41, 5.74) is 0.769. The zero-order valence-electron chi connectivity index (χ0n) is 10.0. The summed E-state index contributed by atoms with van der Waals surface area (Å²) in [6.07, 6.45) is 1.08. The van der Waals surface area contributed by atoms with Crippen LogP contribution in [0.15, 0.2) is 18.3 Å². The Morgan fingerprint density at radius 2 is 2.06 bits per heavy atom. The third-order valence-electron chi connectivity index (χ3n) is 1.86. The number of hydrogen-bond donors (Lipinski definition) is 0. The van der Waals surface area contributed by atoms with Crippen LogP contribution in [0.3, 0.4) is 0 Å². The van der Waals surface area contributed by atoms with E-state index in [0.29, 0.717) is 5.88 Å². The number of hydrogen-bond acceptors (Lipinski definition) is 4. The maximum Gasteiger partial charge on any atom is 0.212 e. The van der Waals surface area contributed by atoms with Crippen LogP contribution >= 0.6 is 0 Å². The lowest BCUT2D eigenvalue weighted by Gasteiger charge is -2.21. The molecule has 0 aliphatic rings. The highest BCUT2D eigenvalue weighted by Gasteiger charge is 2.22. The molecule has 0 fully saturated rings. The molecule has 0 bridgehead atoms. The Morgan fingerprint density at radius 3 is 2.44 bits per heavy atom. The van der Waals surface area contributed by atoms with Crippen molar-refractivity contribution in [2.75, 3.05) is 7.11 Å². The lowest BCUT2D eigenvalue weighted by molar-refractivity contribution is 0.254. The van der Waals surface area contributed by atoms with E-state index in [1.165, 1.54) is 0 Å². The van der Waals surface area contributed by atoms with Crippen LogP contribution in [0.1, 0.15) is 11.7 Å². The third-order valence-corrected chi connectivity index (χ3v) is 2.80. The second-order valence-corrected chi connectivity index (χ2v) is 8.83. The molecule has 5 heteroatoms. The molecule has 0 N–H and O–H groups in total. The van der Waals surface area contributed by atoms with E-state index in [0.717, 1.165) is 5.56 Å². The van der Waals surface area contributed by atoms with E-state index >= 15 is 0 Å². The monoisotopic (exact) mass is 236 g/mol. The fraction of sp³-hybridized carbons (Fsp3) is 0.455. The number of pyridine rings is 1. The molecule has 1 aromatic rings. The molecular weight excluding hydrogens is 220 g/mol. The first-order chi connectivity index (χ1) is 7.46. The Hall–Kier alpha value is -1.38. The Bertz CT molecular complexity index is 378. The maximum atomic E-state index is 9.06. The second-order valence-electron chi connectivity index (χ2n) is 4.37. The fourth-order valence-electron chi connectivity index (χ4n) is 1.19. The van der Waals surface area contributed by atoms with Crippen molar-refractivity contribution < 1.29 is 9.16 Å². The Balaban J connectivity index is 2.84. The molecule has 4 nitrogen and oxygen atoms in total. The fourth-order valence-corrected chi connectivity index (χ4v) is 2.09. The predicted octanol–water partition coefficient (Wildman–Crippen LogP) is 2.51. The average Bonchev–Trinajstić information content (AvgIpc) is 2.25. The van der Waals surface area contributed by atoms with Crippen LogP contribution in [0.25, 0.3) is 0 Å². The highest BCUT2D eigenvalue weighted by Crippen LogP contribution is 2.22. The van der Waals surface area contributed by atoms with Crippen LogP contribution in [-0.2, 0) is 4.43 Å². The van der Waals surface area contributed by atoms with E-state index in [4.69, 9.17) is 14.4 Å². The second kappa shape index (κ2) is 5.10. The first kappa shape index (κ1) is 12.7. The summed E-state index contributed by atoms with van der Waals surface area (Å²) >= 11 is 0. The number of nitrogens with zero attached hydrogens (tertiary/aromatic N) is 2. The summed E-state index contributed by atoms with van der Waals surface area (Å²) in [5, 5.41) is 9.06. The molecule has 0 aliphatic carbocycles. The van der Waals surface area contributed by atoms with Gasteiger partial charge >= 0.3 is 0 Å². The predicted molar refractivity (Wildman–Crippen MR) is 63.6 cm³/mol. The standard InChI is InChI=1S/C11H16N2O2Si/c1-14-11-6-5-9(8-13-11)10(7-12)15-16(2,3)4/h5-6,8,10H,1-4H3. The van der Waals surface area contributed by atoms with Crippen molar-refractivity contribution in [1.82, 2.24) is 4.98 Å². The summed E-state index contributed by atoms with van der Waals surface area (Å²) in [6.45, 7) is 6.15. The summed E-state index contributed by atoms with van der Waals surface area (Å²) in [5.74, 6) is 0.536. The van der Waals surface area contributed by atoms with E-state index in [-0.39, 0.29) is 0 Å². The van der Waals surface area contributed by atoms with Gasteiger partial charge in [-0.05, 0) is 25.7 Å². The highest BCUT2D eigenvalue weighted by molar-refractivity contribution is 6.69. The molecule has 1 aromatic heterocycles. The first-order valence-electron chi connectivity index (χ1n) is 5.03. The van der Waals surface area contributed by atoms with E-state index in [9.17, 15) is 0 Å². The molecule has 86 valence electrons. The molecule has 0 amide bonds. The minimum Gasteiger partial charge on any atom is -0.481 e. The van der Waals surface area contributed by atoms with Gasteiger partial charge in [0, 0.05) is 17.8 Å². The molecule has 0 radical (unpaired) electrons. The quantitative estimate of drug-likeness (QED) is 0.754. The van der Waals surface area contributed by atoms with Gasteiger partial charge < -0.3 is 9.16 Å². The summed E-state index contributed by atoms with van der Waals surface area (Å²) in [7, 11) is -0.170. The van der Waals surface area contributed by atoms with Gasteiger partial charge in [0.15, 0.2) is 14.4 Å². The SMILES string of the molecule is COc1ccc(C(C#N)O[Si](C)(C)C)cn1. The van der Waals surface area contributed by atoms with Gasteiger partial charge in [0.25, 0.3) is 0 Å². The summed E-state index contributed by atoms with van der Waals surface area (Å²) < 4.78 is 10.7. The lowest BCUT2D eigenvalue weighted by Crippen LogP contribution is -2.27. The van der Waals surface area contributed by atoms with Gasteiger partial charge in [0.2, 0.25) is 5.88 Å². The van der Waals surface area contributed by atoms with Crippen molar-refractivity contribution in [2.45, 2.75) is 25.7 Å². The lowest BCUT2D eigenvalue weighted by atomic mass is 10.2. The average molecular weight is 236 g/mol. The van der Waals surface area contributed by atoms with Crippen LogP contribution in [0.2, 0.25) is 19.6 Å². The van der Waals surface area contributed by atoms with Gasteiger partial charge in [-0.15, -0.1) is 0 Å². The van der Waals surface area contributed by atoms with E-state index in [2.05, 4.69) is 11.1 Å². The number of aromatic nitrogens is 1. The molecule has 1 atom stereocenters. The van der Waals surface area contributed by atoms with Gasteiger partial charge in [-0.3, -0.25) is 0 Å². The molecule has 16 heavy (non-hydrogen) atoms. The van der Waals surface area contributed by atoms with Crippen molar-refractivity contribution in [3.05, 3.63) is 23.9 Å². The largest absolute Gasteiger partial charge is 0.481 e. The van der Waals surface area contributed by atoms with Crippen molar-refractivity contribution >= 4 is 8.32 Å². The van der Waals surface area contributed by atoms with Gasteiger partial charge in [0.05, 0.1) is 13.2 Å². The number of ether oxygens (including phenoxy) is 1. The van der Waals surface area contributed by atoms with Crippen molar-refractivity contribution in [3.63, 3.8) is 0 Å². The third kappa shape index (κ3) is 3.64. The van der Waals surface area contributed by atoms with Crippen molar-refractivity contribution in [1.29, 1.82) is 5.26 Å². The highest BCUT2D eigenvalue weighted by atomic mass is 28.4. The Kier molecular flexibility index (Phi) is 4.04. The van der Waals surface area contributed by atoms with Crippen molar-refractivity contribution in [2.24, 2.45) is 0 Å².